The average molecular weight is 285 g/mol. The Morgan fingerprint density at radius 1 is 1.29 bits per heavy atom. The Labute approximate surface area is 124 Å². The summed E-state index contributed by atoms with van der Waals surface area (Å²) < 4.78 is 5.72. The molecule has 0 saturated heterocycles. The molecular weight excluding hydrogens is 266 g/mol. The van der Waals surface area contributed by atoms with Crippen molar-refractivity contribution in [1.82, 2.24) is 4.98 Å². The minimum Gasteiger partial charge on any atom is -0.488 e. The number of carbonyl (C=O) groups excluding carboxylic acids is 1. The lowest BCUT2D eigenvalue weighted by Gasteiger charge is -2.12. The Bertz CT molecular complexity index is 614. The van der Waals surface area contributed by atoms with E-state index in [1.54, 1.807) is 30.5 Å². The number of primary amides is 1. The van der Waals surface area contributed by atoms with Gasteiger partial charge in [0.2, 0.25) is 0 Å². The van der Waals surface area contributed by atoms with Crippen LogP contribution in [-0.4, -0.2) is 17.4 Å². The number of rotatable bonds is 7. The van der Waals surface area contributed by atoms with Crippen molar-refractivity contribution in [2.45, 2.75) is 20.0 Å². The number of hydrogen-bond acceptors (Lipinski definition) is 4. The second-order valence-electron chi connectivity index (χ2n) is 4.59. The van der Waals surface area contributed by atoms with Gasteiger partial charge < -0.3 is 15.8 Å². The fraction of sp³-hybridized carbons (Fsp3) is 0.250. The summed E-state index contributed by atoms with van der Waals surface area (Å²) in [5.74, 6) is 0.785. The third kappa shape index (κ3) is 3.95. The lowest BCUT2D eigenvalue weighted by Crippen LogP contribution is -2.13. The van der Waals surface area contributed by atoms with Crippen LogP contribution < -0.4 is 15.8 Å². The Balaban J connectivity index is 2.12. The lowest BCUT2D eigenvalue weighted by atomic mass is 10.2. The number of nitrogens with zero attached hydrogens (tertiary/aromatic N) is 1. The summed E-state index contributed by atoms with van der Waals surface area (Å²) in [7, 11) is 0. The molecule has 5 heteroatoms. The van der Waals surface area contributed by atoms with Gasteiger partial charge in [-0.3, -0.25) is 4.79 Å². The van der Waals surface area contributed by atoms with Gasteiger partial charge in [-0.25, -0.2) is 4.98 Å². The highest BCUT2D eigenvalue weighted by Gasteiger charge is 2.09. The molecule has 5 nitrogen and oxygen atoms in total. The van der Waals surface area contributed by atoms with Crippen LogP contribution in [0.1, 0.15) is 29.3 Å². The number of nitrogens with one attached hydrogen (secondary N) is 1. The van der Waals surface area contributed by atoms with Gasteiger partial charge in [0.25, 0.3) is 5.91 Å². The number of amides is 1. The second kappa shape index (κ2) is 7.28. The first-order chi connectivity index (χ1) is 10.2. The molecule has 0 atom stereocenters. The van der Waals surface area contributed by atoms with E-state index in [1.165, 1.54) is 0 Å². The van der Waals surface area contributed by atoms with Gasteiger partial charge in [-0.2, -0.15) is 0 Å². The Kier molecular flexibility index (Phi) is 5.15. The van der Waals surface area contributed by atoms with Gasteiger partial charge in [0.05, 0.1) is 5.56 Å². The molecule has 0 spiro atoms. The van der Waals surface area contributed by atoms with Crippen molar-refractivity contribution in [2.75, 3.05) is 11.9 Å². The summed E-state index contributed by atoms with van der Waals surface area (Å²) in [5.41, 5.74) is 6.65. The van der Waals surface area contributed by atoms with Gasteiger partial charge in [0.1, 0.15) is 18.2 Å². The second-order valence-corrected chi connectivity index (χ2v) is 4.59. The molecule has 3 N–H and O–H groups in total. The summed E-state index contributed by atoms with van der Waals surface area (Å²) in [6.07, 6.45) is 2.75. The molecule has 110 valence electrons. The number of hydrogen-bond donors (Lipinski definition) is 2. The molecule has 21 heavy (non-hydrogen) atoms. The van der Waals surface area contributed by atoms with Gasteiger partial charge in [-0.15, -0.1) is 0 Å². The first-order valence-electron chi connectivity index (χ1n) is 6.91. The molecule has 2 aromatic rings. The molecule has 0 saturated carbocycles. The van der Waals surface area contributed by atoms with Crippen LogP contribution in [0.15, 0.2) is 42.6 Å². The zero-order chi connectivity index (χ0) is 15.1. The molecule has 0 aliphatic heterocycles. The van der Waals surface area contributed by atoms with Gasteiger partial charge >= 0.3 is 0 Å². The Morgan fingerprint density at radius 2 is 2.10 bits per heavy atom. The van der Waals surface area contributed by atoms with Crippen molar-refractivity contribution in [1.29, 1.82) is 0 Å². The fourth-order valence-corrected chi connectivity index (χ4v) is 1.91. The minimum atomic E-state index is -0.499. The van der Waals surface area contributed by atoms with Gasteiger partial charge in [-0.1, -0.05) is 25.1 Å². The summed E-state index contributed by atoms with van der Waals surface area (Å²) in [6, 6.07) is 10.7. The van der Waals surface area contributed by atoms with Gasteiger partial charge in [0, 0.05) is 18.3 Å². The molecule has 1 aromatic heterocycles. The van der Waals surface area contributed by atoms with Crippen LogP contribution in [0.25, 0.3) is 0 Å². The van der Waals surface area contributed by atoms with E-state index in [9.17, 15) is 4.79 Å². The number of aromatic nitrogens is 1. The topological polar surface area (TPSA) is 77.2 Å². The summed E-state index contributed by atoms with van der Waals surface area (Å²) >= 11 is 0. The quantitative estimate of drug-likeness (QED) is 0.819. The van der Waals surface area contributed by atoms with Crippen molar-refractivity contribution in [3.8, 4) is 5.75 Å². The zero-order valence-corrected chi connectivity index (χ0v) is 12.0. The standard InChI is InChI=1S/C16H19N3O2/c1-2-9-18-16-12(6-5-10-19-16)11-21-14-8-4-3-7-13(14)15(17)20/h3-8,10H,2,9,11H2,1H3,(H2,17,20)(H,18,19). The largest absolute Gasteiger partial charge is 0.488 e. The maximum absolute atomic E-state index is 11.4. The molecule has 1 aromatic carbocycles. The maximum Gasteiger partial charge on any atom is 0.252 e. The van der Waals surface area contributed by atoms with Crippen LogP contribution in [0.5, 0.6) is 5.75 Å². The molecule has 0 radical (unpaired) electrons. The van der Waals surface area contributed by atoms with E-state index >= 15 is 0 Å². The zero-order valence-electron chi connectivity index (χ0n) is 12.0. The normalized spacial score (nSPS) is 10.1. The van der Waals surface area contributed by atoms with Crippen molar-refractivity contribution >= 4 is 11.7 Å². The minimum absolute atomic E-state index is 0.324. The number of anilines is 1. The molecular formula is C16H19N3O2. The van der Waals surface area contributed by atoms with E-state index in [1.807, 2.05) is 12.1 Å². The number of carbonyl (C=O) groups is 1. The molecule has 0 unspecified atom stereocenters. The number of para-hydroxylation sites is 1. The fourth-order valence-electron chi connectivity index (χ4n) is 1.91. The highest BCUT2D eigenvalue weighted by Crippen LogP contribution is 2.20. The molecule has 2 rings (SSSR count). The van der Waals surface area contributed by atoms with Gasteiger partial charge in [0.15, 0.2) is 0 Å². The van der Waals surface area contributed by atoms with E-state index < -0.39 is 5.91 Å². The summed E-state index contributed by atoms with van der Waals surface area (Å²) in [4.78, 5) is 15.7. The van der Waals surface area contributed by atoms with Crippen LogP contribution in [0.2, 0.25) is 0 Å². The molecule has 1 heterocycles. The SMILES string of the molecule is CCCNc1ncccc1COc1ccccc1C(N)=O. The smallest absolute Gasteiger partial charge is 0.252 e. The molecule has 0 fully saturated rings. The van der Waals surface area contributed by atoms with E-state index in [-0.39, 0.29) is 0 Å². The van der Waals surface area contributed by atoms with E-state index in [0.717, 1.165) is 24.3 Å². The van der Waals surface area contributed by atoms with Gasteiger partial charge in [-0.05, 0) is 24.6 Å². The van der Waals surface area contributed by atoms with Crippen molar-refractivity contribution in [3.05, 3.63) is 53.7 Å². The maximum atomic E-state index is 11.4. The highest BCUT2D eigenvalue weighted by atomic mass is 16.5. The van der Waals surface area contributed by atoms with E-state index in [0.29, 0.717) is 17.9 Å². The van der Waals surface area contributed by atoms with Crippen LogP contribution in [-0.2, 0) is 6.61 Å². The van der Waals surface area contributed by atoms with E-state index in [2.05, 4.69) is 17.2 Å². The number of nitrogens with two attached hydrogens (primary N) is 1. The molecule has 0 aliphatic rings. The molecule has 0 aliphatic carbocycles. The predicted octanol–water partition coefficient (Wildman–Crippen LogP) is 2.58. The first-order valence-corrected chi connectivity index (χ1v) is 6.91. The third-order valence-electron chi connectivity index (χ3n) is 2.97. The molecule has 1 amide bonds. The summed E-state index contributed by atoms with van der Waals surface area (Å²) in [5, 5.41) is 3.25. The first kappa shape index (κ1) is 14.8. The monoisotopic (exact) mass is 285 g/mol. The Hall–Kier alpha value is -2.56. The highest BCUT2D eigenvalue weighted by molar-refractivity contribution is 5.95. The van der Waals surface area contributed by atoms with Crippen LogP contribution in [0.3, 0.4) is 0 Å². The third-order valence-corrected chi connectivity index (χ3v) is 2.97. The van der Waals surface area contributed by atoms with Crippen molar-refractivity contribution < 1.29 is 9.53 Å². The predicted molar refractivity (Wildman–Crippen MR) is 82.3 cm³/mol. The molecule has 0 bridgehead atoms. The summed E-state index contributed by atoms with van der Waals surface area (Å²) in [6.45, 7) is 3.27. The average Bonchev–Trinajstić information content (AvgIpc) is 2.52. The van der Waals surface area contributed by atoms with E-state index in [4.69, 9.17) is 10.5 Å². The number of pyridine rings is 1. The number of ether oxygens (including phenoxy) is 1. The van der Waals surface area contributed by atoms with Crippen LogP contribution in [0, 0.1) is 0 Å². The lowest BCUT2D eigenvalue weighted by molar-refractivity contribution is 0.0996. The van der Waals surface area contributed by atoms with Crippen LogP contribution >= 0.6 is 0 Å². The number of benzene rings is 1. The van der Waals surface area contributed by atoms with Crippen molar-refractivity contribution in [2.24, 2.45) is 5.73 Å². The van der Waals surface area contributed by atoms with Crippen molar-refractivity contribution in [3.63, 3.8) is 0 Å². The Morgan fingerprint density at radius 3 is 2.86 bits per heavy atom. The van der Waals surface area contributed by atoms with Crippen LogP contribution in [0.4, 0.5) is 5.82 Å².